The van der Waals surface area contributed by atoms with Gasteiger partial charge in [-0.25, -0.2) is 4.68 Å². The number of para-hydroxylation sites is 1. The van der Waals surface area contributed by atoms with E-state index in [0.717, 1.165) is 33.1 Å². The Morgan fingerprint density at radius 1 is 1.07 bits per heavy atom. The molecule has 0 saturated carbocycles. The Morgan fingerprint density at radius 2 is 1.74 bits per heavy atom. The van der Waals surface area contributed by atoms with Gasteiger partial charge < -0.3 is 5.32 Å². The molecule has 4 nitrogen and oxygen atoms in total. The number of nitrogens with zero attached hydrogens (tertiary/aromatic N) is 2. The van der Waals surface area contributed by atoms with Gasteiger partial charge in [0, 0.05) is 27.9 Å². The van der Waals surface area contributed by atoms with E-state index >= 15 is 0 Å². The molecule has 0 spiro atoms. The van der Waals surface area contributed by atoms with Crippen LogP contribution in [0.3, 0.4) is 0 Å². The van der Waals surface area contributed by atoms with Crippen LogP contribution in [0.25, 0.3) is 5.69 Å². The van der Waals surface area contributed by atoms with E-state index in [4.69, 9.17) is 0 Å². The maximum atomic E-state index is 12.8. The fourth-order valence-corrected chi connectivity index (χ4v) is 3.98. The third kappa shape index (κ3) is 4.42. The largest absolute Gasteiger partial charge is 0.348 e. The summed E-state index contributed by atoms with van der Waals surface area (Å²) in [6, 6.07) is 17.8. The number of rotatable bonds is 6. The van der Waals surface area contributed by atoms with Crippen LogP contribution in [0.5, 0.6) is 0 Å². The summed E-state index contributed by atoms with van der Waals surface area (Å²) in [5.74, 6) is -0.0509. The number of carbonyl (C=O) groups excluding carboxylic acids is 1. The zero-order valence-electron chi connectivity index (χ0n) is 16.2. The van der Waals surface area contributed by atoms with Crippen molar-refractivity contribution in [3.05, 3.63) is 77.1 Å². The molecular formula is C22H25N3OS. The predicted octanol–water partition coefficient (Wildman–Crippen LogP) is 4.92. The van der Waals surface area contributed by atoms with Crippen molar-refractivity contribution in [3.8, 4) is 5.69 Å². The first-order chi connectivity index (χ1) is 13.0. The Labute approximate surface area is 165 Å². The van der Waals surface area contributed by atoms with Crippen molar-refractivity contribution in [1.82, 2.24) is 15.1 Å². The van der Waals surface area contributed by atoms with Crippen LogP contribution in [-0.2, 0) is 6.54 Å². The lowest BCUT2D eigenvalue weighted by Crippen LogP contribution is -2.24. The maximum absolute atomic E-state index is 12.8. The molecule has 0 aliphatic rings. The number of aryl methyl sites for hydroxylation is 1. The molecule has 3 aromatic rings. The highest BCUT2D eigenvalue weighted by Gasteiger charge is 2.16. The third-order valence-corrected chi connectivity index (χ3v) is 5.44. The van der Waals surface area contributed by atoms with Crippen molar-refractivity contribution in [3.63, 3.8) is 0 Å². The van der Waals surface area contributed by atoms with Crippen LogP contribution in [0.2, 0.25) is 0 Å². The molecule has 5 heteroatoms. The Morgan fingerprint density at radius 3 is 2.44 bits per heavy atom. The first-order valence-corrected chi connectivity index (χ1v) is 9.99. The Balaban J connectivity index is 1.78. The summed E-state index contributed by atoms with van der Waals surface area (Å²) in [6.45, 7) is 8.74. The zero-order valence-corrected chi connectivity index (χ0v) is 17.0. The minimum absolute atomic E-state index is 0.0509. The molecule has 1 heterocycles. The highest BCUT2D eigenvalue weighted by molar-refractivity contribution is 8.00. The molecule has 0 bridgehead atoms. The number of benzene rings is 2. The van der Waals surface area contributed by atoms with E-state index in [0.29, 0.717) is 11.8 Å². The lowest BCUT2D eigenvalue weighted by atomic mass is 10.1. The van der Waals surface area contributed by atoms with Crippen molar-refractivity contribution in [2.75, 3.05) is 0 Å². The molecule has 3 rings (SSSR count). The standard InChI is InChI=1S/C22H25N3OS/c1-15(2)27-21-13-9-8-12-19(21)22(26)23-14-20-16(3)24-25(17(20)4)18-10-6-5-7-11-18/h5-13,15H,14H2,1-4H3,(H,23,26). The number of hydrogen-bond acceptors (Lipinski definition) is 3. The van der Waals surface area contributed by atoms with Crippen LogP contribution < -0.4 is 5.32 Å². The first kappa shape index (κ1) is 19.2. The van der Waals surface area contributed by atoms with E-state index in [1.807, 2.05) is 73.1 Å². The summed E-state index contributed by atoms with van der Waals surface area (Å²) in [7, 11) is 0. The van der Waals surface area contributed by atoms with Crippen LogP contribution in [0, 0.1) is 13.8 Å². The Kier molecular flexibility index (Phi) is 6.01. The SMILES string of the molecule is Cc1nn(-c2ccccc2)c(C)c1CNC(=O)c1ccccc1SC(C)C. The van der Waals surface area contributed by atoms with Crippen LogP contribution in [-0.4, -0.2) is 20.9 Å². The minimum Gasteiger partial charge on any atom is -0.348 e. The highest BCUT2D eigenvalue weighted by atomic mass is 32.2. The number of thioether (sulfide) groups is 1. The fourth-order valence-electron chi connectivity index (χ4n) is 3.03. The van der Waals surface area contributed by atoms with E-state index in [1.54, 1.807) is 11.8 Å². The van der Waals surface area contributed by atoms with Gasteiger partial charge in [0.15, 0.2) is 0 Å². The number of hydrogen-bond donors (Lipinski definition) is 1. The molecule has 0 aliphatic carbocycles. The Bertz CT molecular complexity index is 932. The lowest BCUT2D eigenvalue weighted by molar-refractivity contribution is 0.0948. The molecule has 2 aromatic carbocycles. The molecule has 140 valence electrons. The van der Waals surface area contributed by atoms with Gasteiger partial charge in [-0.15, -0.1) is 11.8 Å². The molecule has 0 aliphatic heterocycles. The quantitative estimate of drug-likeness (QED) is 0.619. The van der Waals surface area contributed by atoms with Crippen LogP contribution in [0.4, 0.5) is 0 Å². The average Bonchev–Trinajstić information content (AvgIpc) is 2.94. The van der Waals surface area contributed by atoms with Gasteiger partial charge in [-0.05, 0) is 38.1 Å². The van der Waals surface area contributed by atoms with E-state index < -0.39 is 0 Å². The summed E-state index contributed by atoms with van der Waals surface area (Å²) in [6.07, 6.45) is 0. The number of aromatic nitrogens is 2. The molecule has 0 atom stereocenters. The molecule has 0 fully saturated rings. The summed E-state index contributed by atoms with van der Waals surface area (Å²) in [4.78, 5) is 13.8. The van der Waals surface area contributed by atoms with Gasteiger partial charge in [0.05, 0.1) is 16.9 Å². The monoisotopic (exact) mass is 379 g/mol. The molecule has 0 radical (unpaired) electrons. The summed E-state index contributed by atoms with van der Waals surface area (Å²) in [5.41, 5.74) is 4.78. The van der Waals surface area contributed by atoms with E-state index in [-0.39, 0.29) is 5.91 Å². The second kappa shape index (κ2) is 8.44. The second-order valence-corrected chi connectivity index (χ2v) is 8.36. The molecule has 27 heavy (non-hydrogen) atoms. The first-order valence-electron chi connectivity index (χ1n) is 9.11. The van der Waals surface area contributed by atoms with Gasteiger partial charge >= 0.3 is 0 Å². The van der Waals surface area contributed by atoms with Gasteiger partial charge in [0.1, 0.15) is 0 Å². The van der Waals surface area contributed by atoms with Gasteiger partial charge in [-0.3, -0.25) is 4.79 Å². The predicted molar refractivity (Wildman–Crippen MR) is 112 cm³/mol. The number of amides is 1. The van der Waals surface area contributed by atoms with Crippen molar-refractivity contribution in [2.24, 2.45) is 0 Å². The number of carbonyl (C=O) groups is 1. The lowest BCUT2D eigenvalue weighted by Gasteiger charge is -2.12. The van der Waals surface area contributed by atoms with Crippen molar-refractivity contribution < 1.29 is 4.79 Å². The van der Waals surface area contributed by atoms with Gasteiger partial charge in [0.2, 0.25) is 0 Å². The van der Waals surface area contributed by atoms with Gasteiger partial charge in [0.25, 0.3) is 5.91 Å². The second-order valence-electron chi connectivity index (χ2n) is 6.74. The van der Waals surface area contributed by atoms with Crippen LogP contribution in [0.15, 0.2) is 59.5 Å². The van der Waals surface area contributed by atoms with Crippen molar-refractivity contribution in [2.45, 2.75) is 44.4 Å². The topological polar surface area (TPSA) is 46.9 Å². The van der Waals surface area contributed by atoms with E-state index in [1.165, 1.54) is 0 Å². The zero-order chi connectivity index (χ0) is 19.4. The molecular weight excluding hydrogens is 354 g/mol. The molecule has 1 amide bonds. The molecule has 0 unspecified atom stereocenters. The van der Waals surface area contributed by atoms with Crippen LogP contribution in [0.1, 0.15) is 41.2 Å². The summed E-state index contributed by atoms with van der Waals surface area (Å²) < 4.78 is 1.93. The normalized spacial score (nSPS) is 11.0. The maximum Gasteiger partial charge on any atom is 0.252 e. The third-order valence-electron chi connectivity index (χ3n) is 4.36. The van der Waals surface area contributed by atoms with Crippen LogP contribution >= 0.6 is 11.8 Å². The molecule has 1 aromatic heterocycles. The van der Waals surface area contributed by atoms with Crippen molar-refractivity contribution >= 4 is 17.7 Å². The fraction of sp³-hybridized carbons (Fsp3) is 0.273. The molecule has 0 saturated heterocycles. The van der Waals surface area contributed by atoms with E-state index in [2.05, 4.69) is 24.3 Å². The average molecular weight is 380 g/mol. The highest BCUT2D eigenvalue weighted by Crippen LogP contribution is 2.26. The summed E-state index contributed by atoms with van der Waals surface area (Å²) >= 11 is 1.71. The van der Waals surface area contributed by atoms with Gasteiger partial charge in [-0.2, -0.15) is 5.10 Å². The molecule has 1 N–H and O–H groups in total. The van der Waals surface area contributed by atoms with Gasteiger partial charge in [-0.1, -0.05) is 44.2 Å². The van der Waals surface area contributed by atoms with Crippen molar-refractivity contribution in [1.29, 1.82) is 0 Å². The minimum atomic E-state index is -0.0509. The number of nitrogens with one attached hydrogen (secondary N) is 1. The smallest absolute Gasteiger partial charge is 0.252 e. The van der Waals surface area contributed by atoms with E-state index in [9.17, 15) is 4.79 Å². The Hall–Kier alpha value is -2.53. The summed E-state index contributed by atoms with van der Waals surface area (Å²) in [5, 5.41) is 8.14.